The van der Waals surface area contributed by atoms with Gasteiger partial charge in [0.15, 0.2) is 0 Å². The second-order valence-electron chi connectivity index (χ2n) is 6.65. The van der Waals surface area contributed by atoms with Crippen LogP contribution in [0.4, 0.5) is 0 Å². The van der Waals surface area contributed by atoms with Gasteiger partial charge in [-0.3, -0.25) is 4.90 Å². The van der Waals surface area contributed by atoms with Gasteiger partial charge in [-0.15, -0.1) is 11.6 Å². The minimum absolute atomic E-state index is 0.0559. The lowest BCUT2D eigenvalue weighted by molar-refractivity contribution is -0.0524. The van der Waals surface area contributed by atoms with Crippen LogP contribution < -0.4 is 10.6 Å². The van der Waals surface area contributed by atoms with Gasteiger partial charge in [0.2, 0.25) is 0 Å². The zero-order chi connectivity index (χ0) is 15.5. The number of rotatable bonds is 4. The van der Waals surface area contributed by atoms with E-state index >= 15 is 0 Å². The Kier molecular flexibility index (Phi) is 5.95. The molecule has 0 spiro atoms. The topological polar surface area (TPSA) is 77.0 Å². The van der Waals surface area contributed by atoms with Crippen molar-refractivity contribution in [2.75, 3.05) is 45.9 Å². The maximum atomic E-state index is 10.6. The van der Waals surface area contributed by atoms with Gasteiger partial charge in [0.05, 0.1) is 36.8 Å². The van der Waals surface area contributed by atoms with Crippen LogP contribution in [-0.4, -0.2) is 90.7 Å². The molecule has 3 fully saturated rings. The first kappa shape index (κ1) is 16.9. The SMILES string of the molecule is O[C@@H]1[C@@H](NCCN2CCOCC2)[C@H](Cl)[C@H](O)[C@@H]2CCCN[C@H]12. The fourth-order valence-corrected chi connectivity index (χ4v) is 4.43. The van der Waals surface area contributed by atoms with E-state index in [9.17, 15) is 10.2 Å². The summed E-state index contributed by atoms with van der Waals surface area (Å²) in [5.74, 6) is 0.0588. The lowest BCUT2D eigenvalue weighted by atomic mass is 9.73. The fraction of sp³-hybridized carbons (Fsp3) is 1.00. The molecule has 0 aromatic carbocycles. The van der Waals surface area contributed by atoms with Crippen molar-refractivity contribution in [3.63, 3.8) is 0 Å². The number of nitrogens with one attached hydrogen (secondary N) is 2. The maximum Gasteiger partial charge on any atom is 0.0864 e. The molecule has 6 atom stereocenters. The average Bonchev–Trinajstić information content (AvgIpc) is 2.57. The molecule has 0 bridgehead atoms. The summed E-state index contributed by atoms with van der Waals surface area (Å²) in [6.45, 7) is 6.05. The van der Waals surface area contributed by atoms with Gasteiger partial charge in [0.25, 0.3) is 0 Å². The Morgan fingerprint density at radius 1 is 1.23 bits per heavy atom. The van der Waals surface area contributed by atoms with E-state index < -0.39 is 17.6 Å². The van der Waals surface area contributed by atoms with E-state index in [0.717, 1.165) is 58.8 Å². The van der Waals surface area contributed by atoms with E-state index in [1.807, 2.05) is 0 Å². The van der Waals surface area contributed by atoms with Crippen molar-refractivity contribution < 1.29 is 14.9 Å². The molecule has 2 saturated heterocycles. The van der Waals surface area contributed by atoms with Crippen LogP contribution in [0.25, 0.3) is 0 Å². The molecule has 128 valence electrons. The van der Waals surface area contributed by atoms with E-state index in [-0.39, 0.29) is 18.0 Å². The Bertz CT molecular complexity index is 357. The minimum Gasteiger partial charge on any atom is -0.391 e. The first-order valence-electron chi connectivity index (χ1n) is 8.45. The Morgan fingerprint density at radius 2 is 2.00 bits per heavy atom. The van der Waals surface area contributed by atoms with Crippen molar-refractivity contribution in [2.45, 2.75) is 42.5 Å². The predicted octanol–water partition coefficient (Wildman–Crippen LogP) is -1.01. The molecule has 6 nitrogen and oxygen atoms in total. The molecule has 2 heterocycles. The highest BCUT2D eigenvalue weighted by atomic mass is 35.5. The summed E-state index contributed by atoms with van der Waals surface area (Å²) >= 11 is 6.44. The summed E-state index contributed by atoms with van der Waals surface area (Å²) in [6, 6.07) is -0.329. The van der Waals surface area contributed by atoms with Crippen LogP contribution in [-0.2, 0) is 4.74 Å². The van der Waals surface area contributed by atoms with Crippen molar-refractivity contribution in [3.05, 3.63) is 0 Å². The molecule has 3 rings (SSSR count). The number of alkyl halides is 1. The van der Waals surface area contributed by atoms with Gasteiger partial charge in [-0.05, 0) is 19.4 Å². The van der Waals surface area contributed by atoms with Crippen molar-refractivity contribution in [2.24, 2.45) is 5.92 Å². The van der Waals surface area contributed by atoms with Crippen LogP contribution in [0, 0.1) is 5.92 Å². The highest BCUT2D eigenvalue weighted by Gasteiger charge is 2.49. The molecule has 1 aliphatic carbocycles. The number of piperidine rings is 1. The summed E-state index contributed by atoms with van der Waals surface area (Å²) in [5.41, 5.74) is 0. The molecule has 2 aliphatic heterocycles. The average molecular weight is 334 g/mol. The molecule has 0 aromatic heterocycles. The van der Waals surface area contributed by atoms with Crippen molar-refractivity contribution >= 4 is 11.6 Å². The lowest BCUT2D eigenvalue weighted by Gasteiger charge is -2.49. The second kappa shape index (κ2) is 7.75. The van der Waals surface area contributed by atoms with Crippen LogP contribution in [0.2, 0.25) is 0 Å². The number of hydrogen-bond donors (Lipinski definition) is 4. The van der Waals surface area contributed by atoms with Crippen LogP contribution in [0.15, 0.2) is 0 Å². The van der Waals surface area contributed by atoms with Gasteiger partial charge < -0.3 is 25.6 Å². The van der Waals surface area contributed by atoms with Crippen LogP contribution in [0.1, 0.15) is 12.8 Å². The molecule has 4 N–H and O–H groups in total. The molecule has 0 radical (unpaired) electrons. The zero-order valence-corrected chi connectivity index (χ0v) is 13.7. The number of aliphatic hydroxyl groups excluding tert-OH is 2. The summed E-state index contributed by atoms with van der Waals surface area (Å²) in [5, 5.41) is 27.4. The molecule has 7 heteroatoms. The van der Waals surface area contributed by atoms with Crippen molar-refractivity contribution in [1.29, 1.82) is 0 Å². The molecular weight excluding hydrogens is 306 g/mol. The third-order valence-electron chi connectivity index (χ3n) is 5.31. The third kappa shape index (κ3) is 3.59. The maximum absolute atomic E-state index is 10.6. The highest BCUT2D eigenvalue weighted by molar-refractivity contribution is 6.21. The van der Waals surface area contributed by atoms with Crippen LogP contribution >= 0.6 is 11.6 Å². The number of fused-ring (bicyclic) bond motifs is 1. The molecule has 0 aromatic rings. The van der Waals surface area contributed by atoms with Crippen LogP contribution in [0.5, 0.6) is 0 Å². The normalized spacial score (nSPS) is 43.8. The monoisotopic (exact) mass is 333 g/mol. The van der Waals surface area contributed by atoms with E-state index in [0.29, 0.717) is 0 Å². The fourth-order valence-electron chi connectivity index (χ4n) is 4.00. The van der Waals surface area contributed by atoms with Gasteiger partial charge >= 0.3 is 0 Å². The van der Waals surface area contributed by atoms with Crippen molar-refractivity contribution in [1.82, 2.24) is 15.5 Å². The summed E-state index contributed by atoms with van der Waals surface area (Å²) < 4.78 is 5.34. The van der Waals surface area contributed by atoms with E-state index in [1.54, 1.807) is 0 Å². The van der Waals surface area contributed by atoms with Crippen LogP contribution in [0.3, 0.4) is 0 Å². The summed E-state index contributed by atoms with van der Waals surface area (Å²) in [4.78, 5) is 2.34. The Balaban J connectivity index is 1.52. The highest BCUT2D eigenvalue weighted by Crippen LogP contribution is 2.34. The Hall–Kier alpha value is 0.0500. The number of halogens is 1. The summed E-state index contributed by atoms with van der Waals surface area (Å²) in [7, 11) is 0. The predicted molar refractivity (Wildman–Crippen MR) is 85.2 cm³/mol. The van der Waals surface area contributed by atoms with Gasteiger partial charge in [0.1, 0.15) is 0 Å². The van der Waals surface area contributed by atoms with Gasteiger partial charge in [-0.1, -0.05) is 0 Å². The first-order valence-corrected chi connectivity index (χ1v) is 8.89. The minimum atomic E-state index is -0.566. The van der Waals surface area contributed by atoms with Crippen molar-refractivity contribution in [3.8, 4) is 0 Å². The molecule has 0 amide bonds. The zero-order valence-electron chi connectivity index (χ0n) is 13.0. The molecule has 0 unspecified atom stereocenters. The Labute approximate surface area is 137 Å². The van der Waals surface area contributed by atoms with E-state index in [4.69, 9.17) is 16.3 Å². The molecule has 3 aliphatic rings. The van der Waals surface area contributed by atoms with Gasteiger partial charge in [0, 0.05) is 38.1 Å². The molecular formula is C15H28ClN3O3. The van der Waals surface area contributed by atoms with Gasteiger partial charge in [-0.25, -0.2) is 0 Å². The van der Waals surface area contributed by atoms with Gasteiger partial charge in [-0.2, -0.15) is 0 Å². The first-order chi connectivity index (χ1) is 10.7. The summed E-state index contributed by atoms with van der Waals surface area (Å²) in [6.07, 6.45) is 0.841. The number of ether oxygens (including phenoxy) is 1. The second-order valence-corrected chi connectivity index (χ2v) is 7.15. The number of nitrogens with zero attached hydrogens (tertiary/aromatic N) is 1. The number of morpholine rings is 1. The molecule has 22 heavy (non-hydrogen) atoms. The largest absolute Gasteiger partial charge is 0.391 e. The van der Waals surface area contributed by atoms with E-state index in [1.165, 1.54) is 0 Å². The standard InChI is InChI=1S/C15H28ClN3O3/c16-11-13(18-4-5-19-6-8-22-9-7-19)15(21)12-10(14(11)20)2-1-3-17-12/h10-15,17-18,20-21H,1-9H2/t10-,11+,12+,13+,14-,15+/m1/s1. The lowest BCUT2D eigenvalue weighted by Crippen LogP contribution is -2.68. The molecule has 1 saturated carbocycles. The quantitative estimate of drug-likeness (QED) is 0.494. The number of hydrogen-bond acceptors (Lipinski definition) is 6. The smallest absolute Gasteiger partial charge is 0.0864 e. The Morgan fingerprint density at radius 3 is 2.77 bits per heavy atom. The van der Waals surface area contributed by atoms with E-state index in [2.05, 4.69) is 15.5 Å². The number of aliphatic hydroxyl groups is 2. The third-order valence-corrected chi connectivity index (χ3v) is 5.84.